The van der Waals surface area contributed by atoms with Crippen LogP contribution in [0.2, 0.25) is 0 Å². The number of carbonyl (C=O) groups is 1. The highest BCUT2D eigenvalue weighted by Gasteiger charge is 2.27. The second-order valence-corrected chi connectivity index (χ2v) is 2.95. The van der Waals surface area contributed by atoms with Crippen molar-refractivity contribution in [3.05, 3.63) is 29.3 Å². The third-order valence-corrected chi connectivity index (χ3v) is 1.89. The standard InChI is InChI=1S/C10H10F2O4/c1-2-16-10(15)9(14)7-5(11)3-4-6(13)8(7)12/h3-4,9,13-14H,2H2,1H3. The summed E-state index contributed by atoms with van der Waals surface area (Å²) < 4.78 is 30.8. The average molecular weight is 232 g/mol. The van der Waals surface area contributed by atoms with Crippen molar-refractivity contribution in [3.63, 3.8) is 0 Å². The van der Waals surface area contributed by atoms with Crippen LogP contribution < -0.4 is 0 Å². The lowest BCUT2D eigenvalue weighted by Gasteiger charge is -2.12. The number of ether oxygens (including phenoxy) is 1. The van der Waals surface area contributed by atoms with Crippen molar-refractivity contribution in [1.29, 1.82) is 0 Å². The monoisotopic (exact) mass is 232 g/mol. The van der Waals surface area contributed by atoms with Crippen molar-refractivity contribution in [2.45, 2.75) is 13.0 Å². The summed E-state index contributed by atoms with van der Waals surface area (Å²) in [6.45, 7) is 1.46. The number of rotatable bonds is 3. The smallest absolute Gasteiger partial charge is 0.339 e. The Bertz CT molecular complexity index is 406. The number of aliphatic hydroxyl groups excluding tert-OH is 1. The van der Waals surface area contributed by atoms with Gasteiger partial charge in [0.1, 0.15) is 5.82 Å². The lowest BCUT2D eigenvalue weighted by atomic mass is 10.1. The number of carbonyl (C=O) groups excluding carboxylic acids is 1. The first kappa shape index (κ1) is 12.4. The molecule has 0 aliphatic rings. The Balaban J connectivity index is 3.12. The van der Waals surface area contributed by atoms with Crippen molar-refractivity contribution < 1.29 is 28.5 Å². The van der Waals surface area contributed by atoms with Crippen molar-refractivity contribution in [2.75, 3.05) is 6.61 Å². The van der Waals surface area contributed by atoms with Gasteiger partial charge in [-0.05, 0) is 19.1 Å². The summed E-state index contributed by atoms with van der Waals surface area (Å²) in [4.78, 5) is 11.1. The van der Waals surface area contributed by atoms with Gasteiger partial charge in [0.2, 0.25) is 0 Å². The van der Waals surface area contributed by atoms with Crippen molar-refractivity contribution in [2.24, 2.45) is 0 Å². The number of halogens is 2. The van der Waals surface area contributed by atoms with E-state index in [1.54, 1.807) is 0 Å². The number of phenols is 1. The van der Waals surface area contributed by atoms with Crippen LogP contribution >= 0.6 is 0 Å². The van der Waals surface area contributed by atoms with Crippen LogP contribution in [0.5, 0.6) is 5.75 Å². The molecule has 1 unspecified atom stereocenters. The van der Waals surface area contributed by atoms with E-state index >= 15 is 0 Å². The Labute approximate surface area is 90.1 Å². The van der Waals surface area contributed by atoms with E-state index in [4.69, 9.17) is 5.11 Å². The van der Waals surface area contributed by atoms with E-state index in [1.807, 2.05) is 0 Å². The SMILES string of the molecule is CCOC(=O)C(O)c1c(F)ccc(O)c1F. The minimum atomic E-state index is -2.09. The zero-order chi connectivity index (χ0) is 12.3. The van der Waals surface area contributed by atoms with Gasteiger partial charge in [-0.1, -0.05) is 0 Å². The fourth-order valence-corrected chi connectivity index (χ4v) is 1.15. The summed E-state index contributed by atoms with van der Waals surface area (Å²) in [7, 11) is 0. The molecule has 0 amide bonds. The molecular formula is C10H10F2O4. The summed E-state index contributed by atoms with van der Waals surface area (Å²) in [5, 5.41) is 18.3. The van der Waals surface area contributed by atoms with E-state index in [2.05, 4.69) is 4.74 Å². The normalized spacial score (nSPS) is 12.2. The van der Waals surface area contributed by atoms with E-state index < -0.39 is 35.0 Å². The number of esters is 1. The van der Waals surface area contributed by atoms with Crippen molar-refractivity contribution in [1.82, 2.24) is 0 Å². The molecule has 2 N–H and O–H groups in total. The minimum Gasteiger partial charge on any atom is -0.505 e. The van der Waals surface area contributed by atoms with Crippen LogP contribution in [0, 0.1) is 11.6 Å². The molecule has 0 spiro atoms. The fraction of sp³-hybridized carbons (Fsp3) is 0.300. The molecule has 1 aromatic rings. The molecule has 16 heavy (non-hydrogen) atoms. The molecule has 1 aromatic carbocycles. The number of aliphatic hydroxyl groups is 1. The van der Waals surface area contributed by atoms with E-state index in [1.165, 1.54) is 6.92 Å². The van der Waals surface area contributed by atoms with Crippen LogP contribution in [0.25, 0.3) is 0 Å². The van der Waals surface area contributed by atoms with Gasteiger partial charge >= 0.3 is 5.97 Å². The number of hydrogen-bond acceptors (Lipinski definition) is 4. The van der Waals surface area contributed by atoms with E-state index in [0.717, 1.165) is 12.1 Å². The Morgan fingerprint density at radius 2 is 2.12 bits per heavy atom. The zero-order valence-corrected chi connectivity index (χ0v) is 8.41. The second-order valence-electron chi connectivity index (χ2n) is 2.95. The highest BCUT2D eigenvalue weighted by Crippen LogP contribution is 2.27. The average Bonchev–Trinajstić information content (AvgIpc) is 2.24. The Hall–Kier alpha value is -1.69. The van der Waals surface area contributed by atoms with Crippen LogP contribution in [0.1, 0.15) is 18.6 Å². The van der Waals surface area contributed by atoms with Crippen LogP contribution in [-0.4, -0.2) is 22.8 Å². The molecule has 0 saturated carbocycles. The van der Waals surface area contributed by atoms with Crippen LogP contribution in [0.15, 0.2) is 12.1 Å². The molecule has 0 bridgehead atoms. The number of phenolic OH excluding ortho intramolecular Hbond substituents is 1. The predicted octanol–water partition coefficient (Wildman–Crippen LogP) is 1.27. The molecule has 88 valence electrons. The van der Waals surface area contributed by atoms with Gasteiger partial charge in [-0.3, -0.25) is 0 Å². The molecule has 1 rings (SSSR count). The van der Waals surface area contributed by atoms with E-state index in [9.17, 15) is 18.7 Å². The van der Waals surface area contributed by atoms with Gasteiger partial charge in [0, 0.05) is 0 Å². The molecule has 0 heterocycles. The third kappa shape index (κ3) is 2.27. The van der Waals surface area contributed by atoms with E-state index in [0.29, 0.717) is 0 Å². The third-order valence-electron chi connectivity index (χ3n) is 1.89. The summed E-state index contributed by atoms with van der Waals surface area (Å²) in [6, 6.07) is 1.53. The van der Waals surface area contributed by atoms with Gasteiger partial charge in [-0.15, -0.1) is 0 Å². The summed E-state index contributed by atoms with van der Waals surface area (Å²) in [5.74, 6) is -4.53. The first-order valence-corrected chi connectivity index (χ1v) is 4.50. The molecule has 0 saturated heterocycles. The Morgan fingerprint density at radius 1 is 1.50 bits per heavy atom. The largest absolute Gasteiger partial charge is 0.505 e. The maximum atomic E-state index is 13.3. The van der Waals surface area contributed by atoms with Crippen LogP contribution in [0.3, 0.4) is 0 Å². The molecule has 0 fully saturated rings. The quantitative estimate of drug-likeness (QED) is 0.770. The first-order valence-electron chi connectivity index (χ1n) is 4.50. The summed E-state index contributed by atoms with van der Waals surface area (Å²) in [5.41, 5.74) is -0.918. The molecule has 0 aromatic heterocycles. The summed E-state index contributed by atoms with van der Waals surface area (Å²) >= 11 is 0. The fourth-order valence-electron chi connectivity index (χ4n) is 1.15. The van der Waals surface area contributed by atoms with Gasteiger partial charge in [0.25, 0.3) is 0 Å². The molecule has 1 atom stereocenters. The van der Waals surface area contributed by atoms with Crippen LogP contribution in [0.4, 0.5) is 8.78 Å². The Kier molecular flexibility index (Phi) is 3.78. The second kappa shape index (κ2) is 4.89. The number of benzene rings is 1. The summed E-state index contributed by atoms with van der Waals surface area (Å²) in [6.07, 6.45) is -2.09. The van der Waals surface area contributed by atoms with Gasteiger partial charge in [-0.2, -0.15) is 0 Å². The lowest BCUT2D eigenvalue weighted by molar-refractivity contribution is -0.153. The van der Waals surface area contributed by atoms with Gasteiger partial charge < -0.3 is 14.9 Å². The van der Waals surface area contributed by atoms with Crippen LogP contribution in [-0.2, 0) is 9.53 Å². The molecule has 4 nitrogen and oxygen atoms in total. The topological polar surface area (TPSA) is 66.8 Å². The zero-order valence-electron chi connectivity index (χ0n) is 8.41. The van der Waals surface area contributed by atoms with E-state index in [-0.39, 0.29) is 6.61 Å². The predicted molar refractivity (Wildman–Crippen MR) is 49.6 cm³/mol. The lowest BCUT2D eigenvalue weighted by Crippen LogP contribution is -2.18. The molecule has 0 aliphatic carbocycles. The number of aromatic hydroxyl groups is 1. The molecule has 0 aliphatic heterocycles. The maximum Gasteiger partial charge on any atom is 0.339 e. The van der Waals surface area contributed by atoms with Crippen molar-refractivity contribution >= 4 is 5.97 Å². The molecule has 0 radical (unpaired) electrons. The molecule has 6 heteroatoms. The van der Waals surface area contributed by atoms with Crippen molar-refractivity contribution in [3.8, 4) is 5.75 Å². The number of hydrogen-bond donors (Lipinski definition) is 2. The highest BCUT2D eigenvalue weighted by molar-refractivity contribution is 5.76. The highest BCUT2D eigenvalue weighted by atomic mass is 19.1. The minimum absolute atomic E-state index is 0.0298. The van der Waals surface area contributed by atoms with Gasteiger partial charge in [-0.25, -0.2) is 13.6 Å². The Morgan fingerprint density at radius 3 is 2.69 bits per heavy atom. The molecular weight excluding hydrogens is 222 g/mol. The maximum absolute atomic E-state index is 13.3. The van der Waals surface area contributed by atoms with Gasteiger partial charge in [0.15, 0.2) is 17.7 Å². The first-order chi connectivity index (χ1) is 7.49. The van der Waals surface area contributed by atoms with Gasteiger partial charge in [0.05, 0.1) is 12.2 Å².